The van der Waals surface area contributed by atoms with Crippen molar-refractivity contribution >= 4 is 5.78 Å². The van der Waals surface area contributed by atoms with Gasteiger partial charge in [0.2, 0.25) is 5.75 Å². The van der Waals surface area contributed by atoms with E-state index >= 15 is 0 Å². The summed E-state index contributed by atoms with van der Waals surface area (Å²) in [6.07, 6.45) is -0.643. The molecule has 3 rings (SSSR count). The molecule has 0 fully saturated rings. The van der Waals surface area contributed by atoms with Crippen molar-refractivity contribution in [1.29, 1.82) is 0 Å². The summed E-state index contributed by atoms with van der Waals surface area (Å²) in [5.41, 5.74) is 0.628. The van der Waals surface area contributed by atoms with E-state index in [1.165, 1.54) is 27.4 Å². The number of phenolic OH excluding ortho intramolecular Hbond substituents is 2. The van der Waals surface area contributed by atoms with Crippen molar-refractivity contribution in [3.05, 3.63) is 35.4 Å². The molecular weight excluding hydrogens is 328 g/mol. The molecule has 0 saturated heterocycles. The maximum Gasteiger partial charge on any atom is 0.203 e. The van der Waals surface area contributed by atoms with Gasteiger partial charge in [-0.1, -0.05) is 12.1 Å². The smallest absolute Gasteiger partial charge is 0.203 e. The number of aromatic hydroxyl groups is 2. The summed E-state index contributed by atoms with van der Waals surface area (Å²) in [4.78, 5) is 12.6. The van der Waals surface area contributed by atoms with E-state index < -0.39 is 11.9 Å². The molecule has 0 bridgehead atoms. The molecule has 7 heteroatoms. The average molecular weight is 346 g/mol. The maximum atomic E-state index is 12.6. The van der Waals surface area contributed by atoms with Crippen LogP contribution in [0.4, 0.5) is 0 Å². The predicted molar refractivity (Wildman–Crippen MR) is 88.2 cm³/mol. The number of hydrogen-bond donors (Lipinski definition) is 2. The molecule has 1 aliphatic rings. The van der Waals surface area contributed by atoms with Gasteiger partial charge in [0.1, 0.15) is 17.4 Å². The maximum absolute atomic E-state index is 12.6. The molecule has 2 N–H and O–H groups in total. The van der Waals surface area contributed by atoms with Crippen LogP contribution < -0.4 is 18.9 Å². The van der Waals surface area contributed by atoms with Crippen LogP contribution >= 0.6 is 0 Å². The van der Waals surface area contributed by atoms with E-state index in [-0.39, 0.29) is 35.0 Å². The molecule has 25 heavy (non-hydrogen) atoms. The third kappa shape index (κ3) is 2.67. The van der Waals surface area contributed by atoms with Crippen LogP contribution in [-0.2, 0) is 0 Å². The molecule has 2 aromatic rings. The average Bonchev–Trinajstić information content (AvgIpc) is 2.60. The summed E-state index contributed by atoms with van der Waals surface area (Å²) in [6.45, 7) is 0. The van der Waals surface area contributed by atoms with Gasteiger partial charge in [-0.3, -0.25) is 4.79 Å². The topological polar surface area (TPSA) is 94.5 Å². The Morgan fingerprint density at radius 1 is 1.08 bits per heavy atom. The van der Waals surface area contributed by atoms with Gasteiger partial charge in [-0.15, -0.1) is 0 Å². The van der Waals surface area contributed by atoms with E-state index in [0.717, 1.165) is 0 Å². The molecule has 2 aromatic carbocycles. The zero-order valence-corrected chi connectivity index (χ0v) is 14.0. The number of carbonyl (C=O) groups is 1. The lowest BCUT2D eigenvalue weighted by Crippen LogP contribution is -2.21. The molecule has 0 aliphatic carbocycles. The van der Waals surface area contributed by atoms with Crippen LogP contribution in [0.3, 0.4) is 0 Å². The molecule has 7 nitrogen and oxygen atoms in total. The van der Waals surface area contributed by atoms with Gasteiger partial charge >= 0.3 is 0 Å². The number of fused-ring (bicyclic) bond motifs is 1. The van der Waals surface area contributed by atoms with Crippen molar-refractivity contribution in [2.45, 2.75) is 12.5 Å². The second-order valence-electron chi connectivity index (χ2n) is 5.47. The number of benzene rings is 2. The van der Waals surface area contributed by atoms with E-state index in [4.69, 9.17) is 18.9 Å². The third-order valence-corrected chi connectivity index (χ3v) is 4.10. The highest BCUT2D eigenvalue weighted by atomic mass is 16.5. The molecule has 1 aliphatic heterocycles. The number of rotatable bonds is 4. The van der Waals surface area contributed by atoms with Gasteiger partial charge in [0.15, 0.2) is 28.8 Å². The van der Waals surface area contributed by atoms with Gasteiger partial charge in [0.25, 0.3) is 0 Å². The minimum absolute atomic E-state index is 0.00197. The third-order valence-electron chi connectivity index (χ3n) is 4.10. The molecule has 0 amide bonds. The molecule has 0 aromatic heterocycles. The number of phenols is 2. The van der Waals surface area contributed by atoms with E-state index in [2.05, 4.69) is 0 Å². The Kier molecular flexibility index (Phi) is 4.31. The predicted octanol–water partition coefficient (Wildman–Crippen LogP) is 2.83. The van der Waals surface area contributed by atoms with E-state index in [1.54, 1.807) is 18.2 Å². The fourth-order valence-electron chi connectivity index (χ4n) is 2.98. The van der Waals surface area contributed by atoms with Crippen LogP contribution in [0, 0.1) is 0 Å². The van der Waals surface area contributed by atoms with Crippen LogP contribution in [0.5, 0.6) is 34.5 Å². The quantitative estimate of drug-likeness (QED) is 0.879. The standard InChI is InChI=1S/C18H18O7/c1-22-12-6-4-5-9(17(12)23-2)13-7-10(19)15-14(25-13)8-11(20)18(24-3)16(15)21/h4-6,8,13,20-21H,7H2,1-3H3. The summed E-state index contributed by atoms with van der Waals surface area (Å²) in [7, 11) is 4.31. The first kappa shape index (κ1) is 16.8. The zero-order valence-electron chi connectivity index (χ0n) is 14.0. The fourth-order valence-corrected chi connectivity index (χ4v) is 2.98. The summed E-state index contributed by atoms with van der Waals surface area (Å²) >= 11 is 0. The Labute approximate surface area is 144 Å². The molecule has 0 spiro atoms. The Hall–Kier alpha value is -3.09. The summed E-state index contributed by atoms with van der Waals surface area (Å²) in [5.74, 6) is -0.166. The van der Waals surface area contributed by atoms with Gasteiger partial charge < -0.3 is 29.2 Å². The molecular formula is C18H18O7. The molecule has 1 unspecified atom stereocenters. The Balaban J connectivity index is 2.08. The van der Waals surface area contributed by atoms with Crippen LogP contribution in [0.1, 0.15) is 28.4 Å². The van der Waals surface area contributed by atoms with Gasteiger partial charge in [-0.05, 0) is 6.07 Å². The van der Waals surface area contributed by atoms with E-state index in [9.17, 15) is 15.0 Å². The van der Waals surface area contributed by atoms with Crippen LogP contribution in [0.25, 0.3) is 0 Å². The van der Waals surface area contributed by atoms with Crippen LogP contribution in [-0.4, -0.2) is 37.3 Å². The Morgan fingerprint density at radius 2 is 1.80 bits per heavy atom. The van der Waals surface area contributed by atoms with Crippen molar-refractivity contribution in [2.24, 2.45) is 0 Å². The minimum Gasteiger partial charge on any atom is -0.504 e. The molecule has 1 heterocycles. The van der Waals surface area contributed by atoms with Gasteiger partial charge in [-0.25, -0.2) is 0 Å². The first-order chi connectivity index (χ1) is 12.0. The lowest BCUT2D eigenvalue weighted by atomic mass is 9.94. The first-order valence-electron chi connectivity index (χ1n) is 7.55. The van der Waals surface area contributed by atoms with Crippen molar-refractivity contribution < 1.29 is 34.0 Å². The second-order valence-corrected chi connectivity index (χ2v) is 5.47. The number of Topliss-reactive ketones (excluding diaryl/α,β-unsaturated/α-hetero) is 1. The number of hydrogen-bond acceptors (Lipinski definition) is 7. The number of ether oxygens (including phenoxy) is 4. The lowest BCUT2D eigenvalue weighted by Gasteiger charge is -2.28. The van der Waals surface area contributed by atoms with Crippen LogP contribution in [0.15, 0.2) is 24.3 Å². The van der Waals surface area contributed by atoms with Gasteiger partial charge in [0, 0.05) is 11.6 Å². The number of carbonyl (C=O) groups excluding carboxylic acids is 1. The summed E-state index contributed by atoms with van der Waals surface area (Å²) in [5, 5.41) is 20.1. The molecule has 132 valence electrons. The summed E-state index contributed by atoms with van der Waals surface area (Å²) in [6, 6.07) is 6.53. The monoisotopic (exact) mass is 346 g/mol. The Bertz CT molecular complexity index is 829. The first-order valence-corrected chi connectivity index (χ1v) is 7.55. The number of methoxy groups -OCH3 is 3. The number of ketones is 1. The highest BCUT2D eigenvalue weighted by molar-refractivity contribution is 6.03. The minimum atomic E-state index is -0.641. The Morgan fingerprint density at radius 3 is 2.44 bits per heavy atom. The largest absolute Gasteiger partial charge is 0.504 e. The van der Waals surface area contributed by atoms with E-state index in [1.807, 2.05) is 0 Å². The normalized spacial score (nSPS) is 16.0. The van der Waals surface area contributed by atoms with Gasteiger partial charge in [0.05, 0.1) is 27.8 Å². The van der Waals surface area contributed by atoms with Crippen molar-refractivity contribution in [3.8, 4) is 34.5 Å². The van der Waals surface area contributed by atoms with Gasteiger partial charge in [-0.2, -0.15) is 0 Å². The lowest BCUT2D eigenvalue weighted by molar-refractivity contribution is 0.0839. The highest BCUT2D eigenvalue weighted by Crippen LogP contribution is 2.49. The fraction of sp³-hybridized carbons (Fsp3) is 0.278. The molecule has 0 radical (unpaired) electrons. The van der Waals surface area contributed by atoms with Crippen molar-refractivity contribution in [1.82, 2.24) is 0 Å². The highest BCUT2D eigenvalue weighted by Gasteiger charge is 2.34. The SMILES string of the molecule is COc1cccc(C2CC(=O)c3c(cc(O)c(OC)c3O)O2)c1OC. The summed E-state index contributed by atoms with van der Waals surface area (Å²) < 4.78 is 21.4. The molecule has 1 atom stereocenters. The van der Waals surface area contributed by atoms with Crippen molar-refractivity contribution in [2.75, 3.05) is 21.3 Å². The zero-order chi connectivity index (χ0) is 18.1. The second kappa shape index (κ2) is 6.43. The number of para-hydroxylation sites is 1. The van der Waals surface area contributed by atoms with E-state index in [0.29, 0.717) is 17.1 Å². The molecule has 0 saturated carbocycles. The van der Waals surface area contributed by atoms with Crippen molar-refractivity contribution in [3.63, 3.8) is 0 Å². The van der Waals surface area contributed by atoms with Crippen LogP contribution in [0.2, 0.25) is 0 Å².